The van der Waals surface area contributed by atoms with E-state index in [0.717, 1.165) is 25.7 Å². The number of rotatable bonds is 10. The van der Waals surface area contributed by atoms with Crippen LogP contribution in [0.3, 0.4) is 0 Å². The van der Waals surface area contributed by atoms with Crippen molar-refractivity contribution in [3.8, 4) is 11.4 Å². The van der Waals surface area contributed by atoms with Crippen LogP contribution in [0.2, 0.25) is 0 Å². The zero-order valence-corrected chi connectivity index (χ0v) is 21.2. The number of hydrogen-bond donors (Lipinski definition) is 0. The van der Waals surface area contributed by atoms with E-state index >= 15 is 0 Å². The standard InChI is InChI=1S/C30H33N3O3/c1-4-5-6-14-21-32(29(34)23-15-8-7-9-16-23)22(2)28-31-25-18-11-10-17-24(25)30(35)33(28)26-19-12-13-20-27(26)36-3/h7-13,15-20,22H,4-6,14,21H2,1-3H3. The molecule has 0 fully saturated rings. The third-order valence-electron chi connectivity index (χ3n) is 6.50. The Labute approximate surface area is 212 Å². The van der Waals surface area contributed by atoms with Crippen LogP contribution in [0, 0.1) is 0 Å². The number of para-hydroxylation sites is 3. The largest absolute Gasteiger partial charge is 0.495 e. The molecule has 4 aromatic rings. The second-order valence-corrected chi connectivity index (χ2v) is 8.90. The topological polar surface area (TPSA) is 64.4 Å². The van der Waals surface area contributed by atoms with Gasteiger partial charge in [0.05, 0.1) is 29.7 Å². The van der Waals surface area contributed by atoms with Gasteiger partial charge in [0.25, 0.3) is 11.5 Å². The second-order valence-electron chi connectivity index (χ2n) is 8.90. The smallest absolute Gasteiger partial charge is 0.266 e. The minimum absolute atomic E-state index is 0.0754. The molecule has 0 N–H and O–H groups in total. The highest BCUT2D eigenvalue weighted by molar-refractivity contribution is 5.94. The summed E-state index contributed by atoms with van der Waals surface area (Å²) in [6, 6.07) is 23.6. The van der Waals surface area contributed by atoms with Crippen molar-refractivity contribution in [2.24, 2.45) is 0 Å². The molecular weight excluding hydrogens is 450 g/mol. The summed E-state index contributed by atoms with van der Waals surface area (Å²) >= 11 is 0. The quantitative estimate of drug-likeness (QED) is 0.253. The molecule has 6 heteroatoms. The number of hydrogen-bond acceptors (Lipinski definition) is 4. The number of carbonyl (C=O) groups excluding carboxylic acids is 1. The molecule has 4 rings (SSSR count). The normalized spacial score (nSPS) is 11.9. The van der Waals surface area contributed by atoms with Gasteiger partial charge in [-0.2, -0.15) is 0 Å². The SMILES string of the molecule is CCCCCCN(C(=O)c1ccccc1)C(C)c1nc2ccccc2c(=O)n1-c1ccccc1OC. The van der Waals surface area contributed by atoms with Gasteiger partial charge in [0.1, 0.15) is 11.6 Å². The summed E-state index contributed by atoms with van der Waals surface area (Å²) in [4.78, 5) is 34.4. The van der Waals surface area contributed by atoms with E-state index in [0.29, 0.717) is 40.3 Å². The van der Waals surface area contributed by atoms with Crippen molar-refractivity contribution in [3.63, 3.8) is 0 Å². The van der Waals surface area contributed by atoms with Crippen LogP contribution in [0.1, 0.15) is 61.8 Å². The number of aromatic nitrogens is 2. The minimum Gasteiger partial charge on any atom is -0.495 e. The highest BCUT2D eigenvalue weighted by atomic mass is 16.5. The van der Waals surface area contributed by atoms with Crippen LogP contribution in [0.4, 0.5) is 0 Å². The summed E-state index contributed by atoms with van der Waals surface area (Å²) in [6.07, 6.45) is 4.14. The van der Waals surface area contributed by atoms with E-state index < -0.39 is 6.04 Å². The summed E-state index contributed by atoms with van der Waals surface area (Å²) < 4.78 is 7.20. The molecule has 1 unspecified atom stereocenters. The maximum absolute atomic E-state index is 13.8. The third-order valence-corrected chi connectivity index (χ3v) is 6.50. The van der Waals surface area contributed by atoms with Gasteiger partial charge in [-0.3, -0.25) is 14.2 Å². The van der Waals surface area contributed by atoms with Gasteiger partial charge in [-0.1, -0.05) is 68.7 Å². The van der Waals surface area contributed by atoms with Gasteiger partial charge in [0, 0.05) is 12.1 Å². The molecule has 0 saturated heterocycles. The zero-order chi connectivity index (χ0) is 25.5. The predicted molar refractivity (Wildman–Crippen MR) is 144 cm³/mol. The molecule has 36 heavy (non-hydrogen) atoms. The summed E-state index contributed by atoms with van der Waals surface area (Å²) in [6.45, 7) is 4.69. The summed E-state index contributed by atoms with van der Waals surface area (Å²) in [5, 5.41) is 0.517. The number of ether oxygens (including phenoxy) is 1. The first-order valence-electron chi connectivity index (χ1n) is 12.6. The summed E-state index contributed by atoms with van der Waals surface area (Å²) in [5.41, 5.74) is 1.63. The van der Waals surface area contributed by atoms with E-state index in [1.54, 1.807) is 17.7 Å². The lowest BCUT2D eigenvalue weighted by Gasteiger charge is -2.31. The second kappa shape index (κ2) is 11.7. The first kappa shape index (κ1) is 25.2. The van der Waals surface area contributed by atoms with Crippen molar-refractivity contribution in [2.75, 3.05) is 13.7 Å². The number of fused-ring (bicyclic) bond motifs is 1. The zero-order valence-electron chi connectivity index (χ0n) is 21.2. The number of amides is 1. The fourth-order valence-corrected chi connectivity index (χ4v) is 4.54. The van der Waals surface area contributed by atoms with E-state index in [9.17, 15) is 9.59 Å². The number of methoxy groups -OCH3 is 1. The van der Waals surface area contributed by atoms with Gasteiger partial charge in [0.15, 0.2) is 0 Å². The molecule has 0 bridgehead atoms. The Hall–Kier alpha value is -3.93. The van der Waals surface area contributed by atoms with E-state index in [1.165, 1.54) is 0 Å². The lowest BCUT2D eigenvalue weighted by molar-refractivity contribution is 0.0677. The molecule has 1 amide bonds. The van der Waals surface area contributed by atoms with Crippen LogP contribution in [0.5, 0.6) is 5.75 Å². The maximum atomic E-state index is 13.8. The molecule has 0 aliphatic rings. The molecule has 0 aliphatic carbocycles. The van der Waals surface area contributed by atoms with Crippen LogP contribution in [-0.2, 0) is 0 Å². The lowest BCUT2D eigenvalue weighted by atomic mass is 10.1. The molecule has 6 nitrogen and oxygen atoms in total. The Kier molecular flexibility index (Phi) is 8.16. The number of unbranched alkanes of at least 4 members (excludes halogenated alkanes) is 3. The number of carbonyl (C=O) groups is 1. The molecular formula is C30H33N3O3. The van der Waals surface area contributed by atoms with Crippen LogP contribution in [0.15, 0.2) is 83.7 Å². The van der Waals surface area contributed by atoms with Gasteiger partial charge in [-0.25, -0.2) is 4.98 Å². The Morgan fingerprint density at radius 3 is 2.39 bits per heavy atom. The van der Waals surface area contributed by atoms with Gasteiger partial charge >= 0.3 is 0 Å². The van der Waals surface area contributed by atoms with Gasteiger partial charge in [0.2, 0.25) is 0 Å². The highest BCUT2D eigenvalue weighted by Gasteiger charge is 2.28. The average molecular weight is 484 g/mol. The minimum atomic E-state index is -0.457. The molecule has 186 valence electrons. The van der Waals surface area contributed by atoms with Crippen LogP contribution in [-0.4, -0.2) is 34.0 Å². The van der Waals surface area contributed by atoms with Crippen molar-refractivity contribution < 1.29 is 9.53 Å². The Balaban J connectivity index is 1.88. The third kappa shape index (κ3) is 5.18. The van der Waals surface area contributed by atoms with E-state index in [4.69, 9.17) is 9.72 Å². The number of nitrogens with zero attached hydrogens (tertiary/aromatic N) is 3. The summed E-state index contributed by atoms with van der Waals surface area (Å²) in [7, 11) is 1.58. The van der Waals surface area contributed by atoms with Crippen molar-refractivity contribution >= 4 is 16.8 Å². The van der Waals surface area contributed by atoms with Crippen molar-refractivity contribution in [3.05, 3.63) is 101 Å². The molecule has 1 aromatic heterocycles. The fraction of sp³-hybridized carbons (Fsp3) is 0.300. The fourth-order valence-electron chi connectivity index (χ4n) is 4.54. The summed E-state index contributed by atoms with van der Waals surface area (Å²) in [5.74, 6) is 0.991. The van der Waals surface area contributed by atoms with Gasteiger partial charge in [-0.15, -0.1) is 0 Å². The van der Waals surface area contributed by atoms with Gasteiger partial charge in [-0.05, 0) is 49.7 Å². The molecule has 1 heterocycles. The van der Waals surface area contributed by atoms with Crippen molar-refractivity contribution in [1.29, 1.82) is 0 Å². The monoisotopic (exact) mass is 483 g/mol. The van der Waals surface area contributed by atoms with E-state index in [1.807, 2.05) is 84.6 Å². The van der Waals surface area contributed by atoms with Crippen LogP contribution >= 0.6 is 0 Å². The van der Waals surface area contributed by atoms with Gasteiger partial charge < -0.3 is 9.64 Å². The Morgan fingerprint density at radius 2 is 1.64 bits per heavy atom. The maximum Gasteiger partial charge on any atom is 0.266 e. The first-order chi connectivity index (χ1) is 17.6. The Bertz CT molecular complexity index is 1380. The predicted octanol–water partition coefficient (Wildman–Crippen LogP) is 6.18. The van der Waals surface area contributed by atoms with Crippen LogP contribution < -0.4 is 10.3 Å². The van der Waals surface area contributed by atoms with E-state index in [-0.39, 0.29) is 11.5 Å². The molecule has 0 radical (unpaired) electrons. The molecule has 0 saturated carbocycles. The Morgan fingerprint density at radius 1 is 0.944 bits per heavy atom. The van der Waals surface area contributed by atoms with Crippen molar-refractivity contribution in [2.45, 2.75) is 45.6 Å². The van der Waals surface area contributed by atoms with E-state index in [2.05, 4.69) is 6.92 Å². The lowest BCUT2D eigenvalue weighted by Crippen LogP contribution is -2.38. The first-order valence-corrected chi connectivity index (χ1v) is 12.6. The number of benzene rings is 3. The molecule has 1 atom stereocenters. The molecule has 3 aromatic carbocycles. The van der Waals surface area contributed by atoms with Crippen LogP contribution in [0.25, 0.3) is 16.6 Å². The molecule has 0 spiro atoms. The van der Waals surface area contributed by atoms with Crippen molar-refractivity contribution in [1.82, 2.24) is 14.5 Å². The molecule has 0 aliphatic heterocycles. The highest BCUT2D eigenvalue weighted by Crippen LogP contribution is 2.28. The average Bonchev–Trinajstić information content (AvgIpc) is 2.93.